The molecule has 10 atom stereocenters. The largest absolute Gasteiger partial charge is 0.493 e. The second kappa shape index (κ2) is 14.0. The number of benzene rings is 1. The maximum absolute atomic E-state index is 11.7. The Bertz CT molecular complexity index is 1060. The number of esters is 2. The molecular formula is C26H34O14. The van der Waals surface area contributed by atoms with Crippen LogP contribution >= 0.6 is 0 Å². The molecule has 14 heteroatoms. The molecule has 1 aromatic rings. The van der Waals surface area contributed by atoms with Gasteiger partial charge in [0.15, 0.2) is 30.0 Å². The van der Waals surface area contributed by atoms with Crippen molar-refractivity contribution in [3.63, 3.8) is 0 Å². The molecule has 0 spiro atoms. The maximum Gasteiger partial charge on any atom is 0.303 e. The van der Waals surface area contributed by atoms with Gasteiger partial charge in [0, 0.05) is 13.8 Å². The second-order valence-electron chi connectivity index (χ2n) is 9.22. The van der Waals surface area contributed by atoms with Crippen LogP contribution < -0.4 is 9.47 Å². The average molecular weight is 571 g/mol. The zero-order chi connectivity index (χ0) is 29.6. The van der Waals surface area contributed by atoms with Gasteiger partial charge in [0.05, 0.1) is 19.8 Å². The van der Waals surface area contributed by atoms with Crippen LogP contribution in [0.4, 0.5) is 0 Å². The fourth-order valence-electron chi connectivity index (χ4n) is 4.26. The Balaban J connectivity index is 1.76. The number of carbonyl (C=O) groups is 3. The van der Waals surface area contributed by atoms with E-state index >= 15 is 0 Å². The summed E-state index contributed by atoms with van der Waals surface area (Å²) in [6.07, 6.45) is -10.6. The summed E-state index contributed by atoms with van der Waals surface area (Å²) in [6.45, 7) is 3.26. The van der Waals surface area contributed by atoms with E-state index in [2.05, 4.69) is 0 Å². The number of aldehydes is 1. The number of rotatable bonds is 10. The van der Waals surface area contributed by atoms with Crippen LogP contribution in [-0.4, -0.2) is 114 Å². The van der Waals surface area contributed by atoms with Gasteiger partial charge in [0.1, 0.15) is 36.8 Å². The van der Waals surface area contributed by atoms with E-state index in [4.69, 9.17) is 33.2 Å². The minimum Gasteiger partial charge on any atom is -0.493 e. The number of aliphatic hydroxyl groups excluding tert-OH is 4. The molecule has 2 aliphatic rings. The Morgan fingerprint density at radius 3 is 2.20 bits per heavy atom. The quantitative estimate of drug-likeness (QED) is 0.153. The van der Waals surface area contributed by atoms with Crippen LogP contribution in [0.5, 0.6) is 11.5 Å². The lowest BCUT2D eigenvalue weighted by molar-refractivity contribution is -0.320. The third kappa shape index (κ3) is 7.54. The predicted molar refractivity (Wildman–Crippen MR) is 133 cm³/mol. The summed E-state index contributed by atoms with van der Waals surface area (Å²) in [7, 11) is 1.38. The Labute approximate surface area is 229 Å². The van der Waals surface area contributed by atoms with Gasteiger partial charge in [-0.25, -0.2) is 0 Å². The van der Waals surface area contributed by atoms with Gasteiger partial charge in [-0.2, -0.15) is 0 Å². The third-order valence-corrected chi connectivity index (χ3v) is 6.25. The molecule has 14 nitrogen and oxygen atoms in total. The number of hydrogen-bond acceptors (Lipinski definition) is 14. The Kier molecular flexibility index (Phi) is 11.0. The first-order chi connectivity index (χ1) is 19.0. The molecule has 2 fully saturated rings. The number of carbonyl (C=O) groups excluding carboxylic acids is 3. The molecule has 0 bridgehead atoms. The molecule has 2 aliphatic heterocycles. The van der Waals surface area contributed by atoms with Crippen LogP contribution in [0.3, 0.4) is 0 Å². The van der Waals surface area contributed by atoms with Gasteiger partial charge < -0.3 is 53.6 Å². The van der Waals surface area contributed by atoms with E-state index in [1.165, 1.54) is 26.2 Å². The normalized spacial score (nSPS) is 34.2. The molecule has 2 saturated heterocycles. The predicted octanol–water partition coefficient (Wildman–Crippen LogP) is -0.921. The van der Waals surface area contributed by atoms with Crippen molar-refractivity contribution in [2.45, 2.75) is 82.2 Å². The van der Waals surface area contributed by atoms with E-state index in [-0.39, 0.29) is 11.5 Å². The van der Waals surface area contributed by atoms with E-state index in [1.54, 1.807) is 18.2 Å². The van der Waals surface area contributed by atoms with Crippen LogP contribution in [0.2, 0.25) is 0 Å². The average Bonchev–Trinajstić information content (AvgIpc) is 2.91. The number of ether oxygens (including phenoxy) is 7. The molecule has 0 saturated carbocycles. The van der Waals surface area contributed by atoms with Gasteiger partial charge >= 0.3 is 11.9 Å². The highest BCUT2D eigenvalue weighted by molar-refractivity contribution is 5.74. The molecule has 0 amide bonds. The van der Waals surface area contributed by atoms with Crippen molar-refractivity contribution in [2.24, 2.45) is 0 Å². The van der Waals surface area contributed by atoms with E-state index in [9.17, 15) is 34.8 Å². The number of hydrogen-bond donors (Lipinski definition) is 4. The summed E-state index contributed by atoms with van der Waals surface area (Å²) in [6, 6.07) is 4.69. The van der Waals surface area contributed by atoms with Gasteiger partial charge in [-0.05, 0) is 30.7 Å². The maximum atomic E-state index is 11.7. The van der Waals surface area contributed by atoms with Crippen molar-refractivity contribution in [3.05, 3.63) is 29.8 Å². The van der Waals surface area contributed by atoms with E-state index in [0.717, 1.165) is 13.8 Å². The van der Waals surface area contributed by atoms with Crippen LogP contribution in [0, 0.1) is 0 Å². The van der Waals surface area contributed by atoms with Gasteiger partial charge in [-0.1, -0.05) is 12.1 Å². The standard InChI is InChI=1S/C26H34O14/c1-12-19(30)23(37-13(2)28)24(38-14(3)29)26(36-12)35-11-18-20(31)21(32)22(33)25(40-18)39-16-8-7-15(6-5-9-27)10-17(16)34-4/h5-10,12,18-26,30-33H,11H2,1-4H3/t12-,18+,19-,20+,21-,22+,23+,24+,25+,26+/m0/s1. The van der Waals surface area contributed by atoms with Crippen LogP contribution in [0.1, 0.15) is 26.3 Å². The van der Waals surface area contributed by atoms with Crippen molar-refractivity contribution in [1.29, 1.82) is 0 Å². The Morgan fingerprint density at radius 2 is 1.57 bits per heavy atom. The van der Waals surface area contributed by atoms with Gasteiger partial charge in [-0.15, -0.1) is 0 Å². The second-order valence-corrected chi connectivity index (χ2v) is 9.22. The van der Waals surface area contributed by atoms with Gasteiger partial charge in [0.2, 0.25) is 6.29 Å². The minimum atomic E-state index is -1.71. The minimum absolute atomic E-state index is 0.135. The van der Waals surface area contributed by atoms with Crippen molar-refractivity contribution in [1.82, 2.24) is 0 Å². The fraction of sp³-hybridized carbons (Fsp3) is 0.577. The SMILES string of the molecule is COc1cc(C=CC=O)ccc1O[C@@H]1O[C@H](CO[C@@H]2O[C@@H](C)[C@H](O)[C@@H](OC(C)=O)[C@H]2OC(C)=O)[C@@H](O)[C@H](O)[C@H]1O. The molecule has 0 radical (unpaired) electrons. The Morgan fingerprint density at radius 1 is 0.900 bits per heavy atom. The molecule has 0 unspecified atom stereocenters. The van der Waals surface area contributed by atoms with E-state index in [1.807, 2.05) is 0 Å². The van der Waals surface area contributed by atoms with E-state index < -0.39 is 80.0 Å². The molecular weight excluding hydrogens is 536 g/mol. The summed E-state index contributed by atoms with van der Waals surface area (Å²) in [5.74, 6) is -1.12. The fourth-order valence-corrected chi connectivity index (χ4v) is 4.26. The smallest absolute Gasteiger partial charge is 0.303 e. The van der Waals surface area contributed by atoms with Crippen LogP contribution in [-0.2, 0) is 38.1 Å². The van der Waals surface area contributed by atoms with Crippen LogP contribution in [0.15, 0.2) is 24.3 Å². The van der Waals surface area contributed by atoms with Crippen molar-refractivity contribution in [2.75, 3.05) is 13.7 Å². The summed E-state index contributed by atoms with van der Waals surface area (Å²) in [5.41, 5.74) is 0.629. The first-order valence-corrected chi connectivity index (χ1v) is 12.4. The first-order valence-electron chi connectivity index (χ1n) is 12.4. The zero-order valence-electron chi connectivity index (χ0n) is 22.3. The lowest BCUT2D eigenvalue weighted by atomic mass is 9.98. The van der Waals surface area contributed by atoms with Gasteiger partial charge in [-0.3, -0.25) is 14.4 Å². The van der Waals surface area contributed by atoms with Gasteiger partial charge in [0.25, 0.3) is 0 Å². The third-order valence-electron chi connectivity index (χ3n) is 6.25. The van der Waals surface area contributed by atoms with Crippen molar-refractivity contribution >= 4 is 24.3 Å². The topological polar surface area (TPSA) is 197 Å². The zero-order valence-corrected chi connectivity index (χ0v) is 22.3. The number of allylic oxidation sites excluding steroid dienone is 1. The molecule has 4 N–H and O–H groups in total. The molecule has 2 heterocycles. The van der Waals surface area contributed by atoms with E-state index in [0.29, 0.717) is 11.8 Å². The molecule has 40 heavy (non-hydrogen) atoms. The molecule has 1 aromatic carbocycles. The number of methoxy groups -OCH3 is 1. The summed E-state index contributed by atoms with van der Waals surface area (Å²) < 4.78 is 38.5. The molecule has 222 valence electrons. The lowest BCUT2D eigenvalue weighted by Gasteiger charge is -2.43. The number of aliphatic hydroxyl groups is 4. The first kappa shape index (κ1) is 31.4. The monoisotopic (exact) mass is 570 g/mol. The molecule has 0 aromatic heterocycles. The molecule has 3 rings (SSSR count). The van der Waals surface area contributed by atoms with Crippen molar-refractivity contribution < 1.29 is 68.0 Å². The van der Waals surface area contributed by atoms with Crippen molar-refractivity contribution in [3.8, 4) is 11.5 Å². The summed E-state index contributed by atoms with van der Waals surface area (Å²) in [5, 5.41) is 42.0. The lowest BCUT2D eigenvalue weighted by Crippen LogP contribution is -2.62. The highest BCUT2D eigenvalue weighted by Gasteiger charge is 2.50. The summed E-state index contributed by atoms with van der Waals surface area (Å²) in [4.78, 5) is 33.9. The molecule has 0 aliphatic carbocycles. The highest BCUT2D eigenvalue weighted by Crippen LogP contribution is 2.33. The van der Waals surface area contributed by atoms with Crippen LogP contribution in [0.25, 0.3) is 6.08 Å². The Hall–Kier alpha value is -3.11. The summed E-state index contributed by atoms with van der Waals surface area (Å²) >= 11 is 0. The highest BCUT2D eigenvalue weighted by atomic mass is 16.7.